The lowest BCUT2D eigenvalue weighted by atomic mass is 10.1. The van der Waals surface area contributed by atoms with E-state index in [0.29, 0.717) is 22.8 Å². The molecule has 0 aliphatic heterocycles. The molecular weight excluding hydrogens is 248 g/mol. The molecule has 1 aromatic carbocycles. The molecule has 4 heteroatoms. The van der Waals surface area contributed by atoms with Crippen molar-refractivity contribution in [3.05, 3.63) is 47.7 Å². The molecule has 1 aromatic heterocycles. The highest BCUT2D eigenvalue weighted by atomic mass is 32.2. The molecule has 0 atom stereocenters. The SMILES string of the molecule is COC(=O)c1cc(-c2ccccc2)oc1CSC. The van der Waals surface area contributed by atoms with E-state index in [0.717, 1.165) is 5.56 Å². The van der Waals surface area contributed by atoms with Crippen LogP contribution in [-0.4, -0.2) is 19.3 Å². The summed E-state index contributed by atoms with van der Waals surface area (Å²) in [5, 5.41) is 0. The fourth-order valence-electron chi connectivity index (χ4n) is 1.69. The molecule has 0 spiro atoms. The lowest BCUT2D eigenvalue weighted by Gasteiger charge is -1.98. The number of rotatable bonds is 4. The molecule has 0 N–H and O–H groups in total. The predicted molar refractivity (Wildman–Crippen MR) is 72.7 cm³/mol. The maximum Gasteiger partial charge on any atom is 0.341 e. The first-order valence-electron chi connectivity index (χ1n) is 5.51. The molecule has 0 radical (unpaired) electrons. The van der Waals surface area contributed by atoms with Gasteiger partial charge in [-0.15, -0.1) is 0 Å². The highest BCUT2D eigenvalue weighted by molar-refractivity contribution is 7.97. The molecule has 0 fully saturated rings. The molecule has 0 aliphatic rings. The van der Waals surface area contributed by atoms with Crippen LogP contribution < -0.4 is 0 Å². The second kappa shape index (κ2) is 5.78. The van der Waals surface area contributed by atoms with E-state index in [-0.39, 0.29) is 5.97 Å². The molecule has 2 aromatic rings. The topological polar surface area (TPSA) is 39.4 Å². The molecule has 3 nitrogen and oxygen atoms in total. The van der Waals surface area contributed by atoms with E-state index in [9.17, 15) is 4.79 Å². The van der Waals surface area contributed by atoms with Crippen molar-refractivity contribution in [1.82, 2.24) is 0 Å². The van der Waals surface area contributed by atoms with Crippen molar-refractivity contribution in [2.75, 3.05) is 13.4 Å². The van der Waals surface area contributed by atoms with E-state index < -0.39 is 0 Å². The summed E-state index contributed by atoms with van der Waals surface area (Å²) in [5.74, 6) is 1.65. The van der Waals surface area contributed by atoms with Crippen LogP contribution in [0, 0.1) is 0 Å². The van der Waals surface area contributed by atoms with Gasteiger partial charge in [0, 0.05) is 5.56 Å². The zero-order valence-corrected chi connectivity index (χ0v) is 11.1. The van der Waals surface area contributed by atoms with Crippen LogP contribution in [0.3, 0.4) is 0 Å². The molecule has 0 unspecified atom stereocenters. The number of hydrogen-bond acceptors (Lipinski definition) is 4. The van der Waals surface area contributed by atoms with Crippen LogP contribution >= 0.6 is 11.8 Å². The van der Waals surface area contributed by atoms with E-state index in [1.54, 1.807) is 17.8 Å². The smallest absolute Gasteiger partial charge is 0.341 e. The molecule has 0 saturated carbocycles. The minimum Gasteiger partial charge on any atom is -0.465 e. The van der Waals surface area contributed by atoms with Gasteiger partial charge >= 0.3 is 5.97 Å². The van der Waals surface area contributed by atoms with Gasteiger partial charge in [-0.2, -0.15) is 11.8 Å². The summed E-state index contributed by atoms with van der Waals surface area (Å²) in [5.41, 5.74) is 1.46. The van der Waals surface area contributed by atoms with Crippen molar-refractivity contribution >= 4 is 17.7 Å². The Kier molecular flexibility index (Phi) is 4.10. The molecule has 94 valence electrons. The predicted octanol–water partition coefficient (Wildman–Crippen LogP) is 3.60. The Balaban J connectivity index is 2.42. The molecular formula is C14H14O3S. The van der Waals surface area contributed by atoms with Crippen LogP contribution in [0.4, 0.5) is 0 Å². The maximum absolute atomic E-state index is 11.7. The van der Waals surface area contributed by atoms with Crippen molar-refractivity contribution in [2.24, 2.45) is 0 Å². The summed E-state index contributed by atoms with van der Waals surface area (Å²) in [4.78, 5) is 11.7. The number of carbonyl (C=O) groups excluding carboxylic acids is 1. The van der Waals surface area contributed by atoms with Crippen molar-refractivity contribution < 1.29 is 13.9 Å². The molecule has 0 bridgehead atoms. The van der Waals surface area contributed by atoms with Crippen molar-refractivity contribution in [2.45, 2.75) is 5.75 Å². The van der Waals surface area contributed by atoms with E-state index >= 15 is 0 Å². The van der Waals surface area contributed by atoms with Gasteiger partial charge in [0.25, 0.3) is 0 Å². The number of ether oxygens (including phenoxy) is 1. The normalized spacial score (nSPS) is 10.3. The van der Waals surface area contributed by atoms with Crippen LogP contribution in [0.5, 0.6) is 0 Å². The average molecular weight is 262 g/mol. The lowest BCUT2D eigenvalue weighted by Crippen LogP contribution is -2.02. The Morgan fingerprint density at radius 2 is 2.06 bits per heavy atom. The van der Waals surface area contributed by atoms with E-state index in [1.807, 2.05) is 36.6 Å². The van der Waals surface area contributed by atoms with E-state index in [2.05, 4.69) is 0 Å². The molecule has 0 aliphatic carbocycles. The van der Waals surface area contributed by atoms with Gasteiger partial charge in [0.2, 0.25) is 0 Å². The van der Waals surface area contributed by atoms with E-state index in [4.69, 9.17) is 9.15 Å². The summed E-state index contributed by atoms with van der Waals surface area (Å²) in [6.07, 6.45) is 1.96. The van der Waals surface area contributed by atoms with Gasteiger partial charge in [0.15, 0.2) is 0 Å². The summed E-state index contributed by atoms with van der Waals surface area (Å²) >= 11 is 1.60. The van der Waals surface area contributed by atoms with Crippen molar-refractivity contribution in [3.63, 3.8) is 0 Å². The summed E-state index contributed by atoms with van der Waals surface area (Å²) in [6, 6.07) is 11.4. The third-order valence-corrected chi connectivity index (χ3v) is 3.10. The van der Waals surface area contributed by atoms with Crippen molar-refractivity contribution in [3.8, 4) is 11.3 Å². The number of furan rings is 1. The fraction of sp³-hybridized carbons (Fsp3) is 0.214. The second-order valence-electron chi connectivity index (χ2n) is 3.74. The number of carbonyl (C=O) groups is 1. The first-order chi connectivity index (χ1) is 8.76. The highest BCUT2D eigenvalue weighted by Crippen LogP contribution is 2.28. The van der Waals surface area contributed by atoms with Gasteiger partial charge in [0.05, 0.1) is 12.9 Å². The van der Waals surface area contributed by atoms with Crippen LogP contribution in [0.15, 0.2) is 40.8 Å². The molecule has 0 amide bonds. The molecule has 0 saturated heterocycles. The number of methoxy groups -OCH3 is 1. The standard InChI is InChI=1S/C14H14O3S/c1-16-14(15)11-8-12(17-13(11)9-18-2)10-6-4-3-5-7-10/h3-8H,9H2,1-2H3. The Hall–Kier alpha value is -1.68. The van der Waals surface area contributed by atoms with Crippen LogP contribution in [0.1, 0.15) is 16.1 Å². The molecule has 18 heavy (non-hydrogen) atoms. The van der Waals surface area contributed by atoms with Crippen molar-refractivity contribution in [1.29, 1.82) is 0 Å². The van der Waals surface area contributed by atoms with Crippen LogP contribution in [-0.2, 0) is 10.5 Å². The monoisotopic (exact) mass is 262 g/mol. The van der Waals surface area contributed by atoms with Crippen LogP contribution in [0.2, 0.25) is 0 Å². The number of esters is 1. The quantitative estimate of drug-likeness (QED) is 0.789. The minimum absolute atomic E-state index is 0.356. The van der Waals surface area contributed by atoms with E-state index in [1.165, 1.54) is 7.11 Å². The largest absolute Gasteiger partial charge is 0.465 e. The fourth-order valence-corrected chi connectivity index (χ4v) is 2.17. The lowest BCUT2D eigenvalue weighted by molar-refractivity contribution is 0.0598. The molecule has 2 rings (SSSR count). The third kappa shape index (κ3) is 2.59. The first-order valence-corrected chi connectivity index (χ1v) is 6.91. The third-order valence-electron chi connectivity index (χ3n) is 2.55. The summed E-state index contributed by atoms with van der Waals surface area (Å²) < 4.78 is 10.5. The maximum atomic E-state index is 11.7. The number of hydrogen-bond donors (Lipinski definition) is 0. The summed E-state index contributed by atoms with van der Waals surface area (Å²) in [6.45, 7) is 0. The van der Waals surface area contributed by atoms with Crippen LogP contribution in [0.25, 0.3) is 11.3 Å². The Morgan fingerprint density at radius 1 is 1.33 bits per heavy atom. The van der Waals surface area contributed by atoms with Gasteiger partial charge in [-0.25, -0.2) is 4.79 Å². The zero-order chi connectivity index (χ0) is 13.0. The van der Waals surface area contributed by atoms with Gasteiger partial charge in [-0.3, -0.25) is 0 Å². The summed E-state index contributed by atoms with van der Waals surface area (Å²) in [7, 11) is 1.38. The van der Waals surface area contributed by atoms with Gasteiger partial charge in [0.1, 0.15) is 17.1 Å². The first kappa shape index (κ1) is 12.8. The minimum atomic E-state index is -0.356. The highest BCUT2D eigenvalue weighted by Gasteiger charge is 2.18. The Bertz CT molecular complexity index is 531. The number of thioether (sulfide) groups is 1. The Morgan fingerprint density at radius 3 is 2.67 bits per heavy atom. The second-order valence-corrected chi connectivity index (χ2v) is 4.60. The number of benzene rings is 1. The Labute approximate surface area is 110 Å². The average Bonchev–Trinajstić information content (AvgIpc) is 2.83. The van der Waals surface area contributed by atoms with Gasteiger partial charge in [-0.05, 0) is 12.3 Å². The van der Waals surface area contributed by atoms with Gasteiger partial charge < -0.3 is 9.15 Å². The van der Waals surface area contributed by atoms with Gasteiger partial charge in [-0.1, -0.05) is 30.3 Å². The molecule has 1 heterocycles. The zero-order valence-electron chi connectivity index (χ0n) is 10.3.